The maximum atomic E-state index is 11.8. The first-order chi connectivity index (χ1) is 9.10. The molecule has 0 saturated heterocycles. The lowest BCUT2D eigenvalue weighted by molar-refractivity contribution is 0.482. The van der Waals surface area contributed by atoms with Crippen LogP contribution in [0.15, 0.2) is 41.2 Å². The molecule has 1 aromatic heterocycles. The molecular weight excluding hydrogens is 238 g/mol. The van der Waals surface area contributed by atoms with Crippen LogP contribution in [0.2, 0.25) is 0 Å². The second-order valence-corrected chi connectivity index (χ2v) is 4.77. The Bertz CT molecular complexity index is 602. The number of hydrogen-bond donors (Lipinski definition) is 1. The summed E-state index contributed by atoms with van der Waals surface area (Å²) in [5.74, 6) is 0. The molecule has 0 saturated carbocycles. The standard InChI is InChI=1S/C15H19N3O/c1-3-13(16)10-18-15(19)9-8-14(17-18)12-6-4-11(2)5-7-12/h4-9,13H,3,10,16H2,1-2H3. The van der Waals surface area contributed by atoms with Gasteiger partial charge in [-0.25, -0.2) is 4.68 Å². The van der Waals surface area contributed by atoms with Crippen molar-refractivity contribution in [2.24, 2.45) is 5.73 Å². The van der Waals surface area contributed by atoms with E-state index in [2.05, 4.69) is 5.10 Å². The molecular formula is C15H19N3O. The van der Waals surface area contributed by atoms with Gasteiger partial charge in [0.05, 0.1) is 12.2 Å². The third-order valence-corrected chi connectivity index (χ3v) is 3.15. The van der Waals surface area contributed by atoms with Gasteiger partial charge < -0.3 is 5.73 Å². The normalized spacial score (nSPS) is 12.4. The highest BCUT2D eigenvalue weighted by Gasteiger charge is 2.06. The fraction of sp³-hybridized carbons (Fsp3) is 0.333. The van der Waals surface area contributed by atoms with Crippen LogP contribution in [0, 0.1) is 6.92 Å². The van der Waals surface area contributed by atoms with Crippen molar-refractivity contribution in [2.75, 3.05) is 0 Å². The first kappa shape index (κ1) is 13.5. The van der Waals surface area contributed by atoms with Crippen molar-refractivity contribution in [3.63, 3.8) is 0 Å². The summed E-state index contributed by atoms with van der Waals surface area (Å²) in [6, 6.07) is 11.3. The van der Waals surface area contributed by atoms with E-state index >= 15 is 0 Å². The highest BCUT2D eigenvalue weighted by molar-refractivity contribution is 5.58. The first-order valence-corrected chi connectivity index (χ1v) is 6.51. The van der Waals surface area contributed by atoms with Gasteiger partial charge in [-0.1, -0.05) is 36.8 Å². The summed E-state index contributed by atoms with van der Waals surface area (Å²) in [6.45, 7) is 4.49. The van der Waals surface area contributed by atoms with E-state index < -0.39 is 0 Å². The highest BCUT2D eigenvalue weighted by atomic mass is 16.1. The van der Waals surface area contributed by atoms with Crippen molar-refractivity contribution in [1.29, 1.82) is 0 Å². The molecule has 0 aliphatic rings. The van der Waals surface area contributed by atoms with Gasteiger partial charge in [-0.15, -0.1) is 0 Å². The maximum absolute atomic E-state index is 11.8. The van der Waals surface area contributed by atoms with Gasteiger partial charge in [-0.3, -0.25) is 4.79 Å². The van der Waals surface area contributed by atoms with Gasteiger partial charge in [0.1, 0.15) is 0 Å². The number of nitrogens with zero attached hydrogens (tertiary/aromatic N) is 2. The highest BCUT2D eigenvalue weighted by Crippen LogP contribution is 2.15. The van der Waals surface area contributed by atoms with Crippen LogP contribution >= 0.6 is 0 Å². The van der Waals surface area contributed by atoms with Crippen LogP contribution in [0.5, 0.6) is 0 Å². The number of benzene rings is 1. The third-order valence-electron chi connectivity index (χ3n) is 3.15. The molecule has 0 fully saturated rings. The smallest absolute Gasteiger partial charge is 0.266 e. The maximum Gasteiger partial charge on any atom is 0.266 e. The predicted molar refractivity (Wildman–Crippen MR) is 76.9 cm³/mol. The lowest BCUT2D eigenvalue weighted by Gasteiger charge is -2.11. The lowest BCUT2D eigenvalue weighted by atomic mass is 10.1. The average molecular weight is 257 g/mol. The Labute approximate surface area is 112 Å². The summed E-state index contributed by atoms with van der Waals surface area (Å²) in [5, 5.41) is 4.38. The quantitative estimate of drug-likeness (QED) is 0.910. The van der Waals surface area contributed by atoms with Crippen molar-refractivity contribution in [3.05, 3.63) is 52.3 Å². The Hall–Kier alpha value is -1.94. The molecule has 0 aliphatic heterocycles. The fourth-order valence-corrected chi connectivity index (χ4v) is 1.81. The van der Waals surface area contributed by atoms with Gasteiger partial charge in [0.15, 0.2) is 0 Å². The van der Waals surface area contributed by atoms with Crippen molar-refractivity contribution < 1.29 is 0 Å². The molecule has 4 heteroatoms. The minimum absolute atomic E-state index is 0.0431. The fourth-order valence-electron chi connectivity index (χ4n) is 1.81. The summed E-state index contributed by atoms with van der Waals surface area (Å²) in [7, 11) is 0. The monoisotopic (exact) mass is 257 g/mol. The summed E-state index contributed by atoms with van der Waals surface area (Å²) >= 11 is 0. The molecule has 2 N–H and O–H groups in total. The van der Waals surface area contributed by atoms with E-state index in [9.17, 15) is 4.79 Å². The van der Waals surface area contributed by atoms with E-state index in [-0.39, 0.29) is 11.6 Å². The van der Waals surface area contributed by atoms with E-state index in [0.717, 1.165) is 17.7 Å². The predicted octanol–water partition coefficient (Wildman–Crippen LogP) is 1.96. The lowest BCUT2D eigenvalue weighted by Crippen LogP contribution is -2.32. The van der Waals surface area contributed by atoms with E-state index in [4.69, 9.17) is 5.73 Å². The van der Waals surface area contributed by atoms with E-state index in [1.165, 1.54) is 10.2 Å². The molecule has 0 bridgehead atoms. The van der Waals surface area contributed by atoms with Crippen LogP contribution in [0.3, 0.4) is 0 Å². The van der Waals surface area contributed by atoms with Gasteiger partial charge in [0.25, 0.3) is 5.56 Å². The minimum atomic E-state index is -0.111. The first-order valence-electron chi connectivity index (χ1n) is 6.51. The molecule has 1 heterocycles. The SMILES string of the molecule is CCC(N)Cn1nc(-c2ccc(C)cc2)ccc1=O. The molecule has 100 valence electrons. The third kappa shape index (κ3) is 3.29. The number of hydrogen-bond acceptors (Lipinski definition) is 3. The molecule has 1 aromatic carbocycles. The molecule has 0 spiro atoms. The summed E-state index contributed by atoms with van der Waals surface area (Å²) in [6.07, 6.45) is 0.822. The molecule has 19 heavy (non-hydrogen) atoms. The van der Waals surface area contributed by atoms with Gasteiger partial charge in [-0.2, -0.15) is 5.10 Å². The second-order valence-electron chi connectivity index (χ2n) is 4.77. The number of aryl methyl sites for hydroxylation is 1. The molecule has 2 aromatic rings. The van der Waals surface area contributed by atoms with E-state index in [1.807, 2.05) is 38.1 Å². The average Bonchev–Trinajstić information content (AvgIpc) is 2.42. The van der Waals surface area contributed by atoms with Crippen molar-refractivity contribution in [2.45, 2.75) is 32.9 Å². The Kier molecular flexibility index (Phi) is 4.12. The zero-order valence-electron chi connectivity index (χ0n) is 11.3. The Balaban J connectivity index is 2.35. The number of aromatic nitrogens is 2. The number of rotatable bonds is 4. The van der Waals surface area contributed by atoms with Gasteiger partial charge in [0, 0.05) is 17.7 Å². The van der Waals surface area contributed by atoms with Crippen molar-refractivity contribution in [1.82, 2.24) is 9.78 Å². The Morgan fingerprint density at radius 2 is 1.89 bits per heavy atom. The molecule has 2 rings (SSSR count). The summed E-state index contributed by atoms with van der Waals surface area (Å²) < 4.78 is 1.45. The topological polar surface area (TPSA) is 60.9 Å². The van der Waals surface area contributed by atoms with Crippen LogP contribution in [0.25, 0.3) is 11.3 Å². The molecule has 1 atom stereocenters. The Morgan fingerprint density at radius 1 is 1.21 bits per heavy atom. The van der Waals surface area contributed by atoms with Crippen LogP contribution in [0.1, 0.15) is 18.9 Å². The zero-order valence-corrected chi connectivity index (χ0v) is 11.3. The van der Waals surface area contributed by atoms with Gasteiger partial charge >= 0.3 is 0 Å². The second kappa shape index (κ2) is 5.80. The zero-order chi connectivity index (χ0) is 13.8. The number of nitrogens with two attached hydrogens (primary N) is 1. The molecule has 1 unspecified atom stereocenters. The van der Waals surface area contributed by atoms with Crippen molar-refractivity contribution in [3.8, 4) is 11.3 Å². The molecule has 4 nitrogen and oxygen atoms in total. The molecule has 0 amide bonds. The van der Waals surface area contributed by atoms with Crippen LogP contribution in [0.4, 0.5) is 0 Å². The van der Waals surface area contributed by atoms with Crippen LogP contribution in [-0.4, -0.2) is 15.8 Å². The molecule has 0 aliphatic carbocycles. The van der Waals surface area contributed by atoms with Gasteiger partial charge in [-0.05, 0) is 19.4 Å². The minimum Gasteiger partial charge on any atom is -0.326 e. The van der Waals surface area contributed by atoms with E-state index in [0.29, 0.717) is 6.54 Å². The van der Waals surface area contributed by atoms with Crippen molar-refractivity contribution >= 4 is 0 Å². The van der Waals surface area contributed by atoms with Crippen LogP contribution in [-0.2, 0) is 6.54 Å². The summed E-state index contributed by atoms with van der Waals surface area (Å²) in [4.78, 5) is 11.8. The van der Waals surface area contributed by atoms with Crippen LogP contribution < -0.4 is 11.3 Å². The van der Waals surface area contributed by atoms with E-state index in [1.54, 1.807) is 12.1 Å². The Morgan fingerprint density at radius 3 is 2.53 bits per heavy atom. The molecule has 0 radical (unpaired) electrons. The van der Waals surface area contributed by atoms with Gasteiger partial charge in [0.2, 0.25) is 0 Å². The summed E-state index contributed by atoms with van der Waals surface area (Å²) in [5.41, 5.74) is 8.77. The largest absolute Gasteiger partial charge is 0.326 e.